The number of phenolic OH excluding ortho intramolecular Hbond substituents is 1. The summed E-state index contributed by atoms with van der Waals surface area (Å²) in [4.78, 5) is 58.1. The summed E-state index contributed by atoms with van der Waals surface area (Å²) in [5, 5.41) is 36.6. The van der Waals surface area contributed by atoms with Crippen LogP contribution in [-0.2, 0) is 32.0 Å². The summed E-state index contributed by atoms with van der Waals surface area (Å²) < 4.78 is 0. The smallest absolute Gasteiger partial charge is 0.328 e. The maximum atomic E-state index is 13.6. The summed E-state index contributed by atoms with van der Waals surface area (Å²) in [6.07, 6.45) is 2.16. The van der Waals surface area contributed by atoms with Crippen molar-refractivity contribution in [3.8, 4) is 5.75 Å². The van der Waals surface area contributed by atoms with Gasteiger partial charge >= 0.3 is 5.97 Å². The predicted molar refractivity (Wildman–Crippen MR) is 162 cm³/mol. The molecule has 0 radical (unpaired) electrons. The van der Waals surface area contributed by atoms with Gasteiger partial charge in [0.1, 0.15) is 23.9 Å². The average molecular weight is 611 g/mol. The maximum absolute atomic E-state index is 13.6. The molecule has 0 aliphatic heterocycles. The number of nitrogens with zero attached hydrogens (tertiary/aromatic N) is 1. The first kappa shape index (κ1) is 33.4. The summed E-state index contributed by atoms with van der Waals surface area (Å²) in [6, 6.07) is 8.45. The lowest BCUT2D eigenvalue weighted by atomic mass is 10.0. The van der Waals surface area contributed by atoms with Crippen molar-refractivity contribution in [3.63, 3.8) is 0 Å². The van der Waals surface area contributed by atoms with Gasteiger partial charge in [-0.1, -0.05) is 30.3 Å². The molecule has 0 aliphatic carbocycles. The number of aliphatic carboxylic acids is 1. The van der Waals surface area contributed by atoms with Gasteiger partial charge in [-0.15, -0.1) is 0 Å². The standard InChI is InChI=1S/C29H38N8O7/c30-20(13-17-14-34-21-5-2-1-4-19(17)21)25(40)36-23(12-16-7-9-18(39)10-8-16)27(42)35-22(6-3-11-33-29(31)32)26(41)37-24(15-38)28(43)44/h1-2,4-5,7-10,14,20,22-24,34,38-39H,3,6,11-13,15,30H2,(H,35,42)(H,36,40)(H,37,41)(H,43,44)(H4,31,32,33). The fourth-order valence-corrected chi connectivity index (χ4v) is 4.49. The minimum absolute atomic E-state index is 0.00603. The number of rotatable bonds is 16. The molecule has 13 N–H and O–H groups in total. The molecule has 0 saturated heterocycles. The molecule has 4 atom stereocenters. The van der Waals surface area contributed by atoms with Gasteiger partial charge in [-0.25, -0.2) is 4.79 Å². The highest BCUT2D eigenvalue weighted by atomic mass is 16.4. The number of H-pyrrole nitrogens is 1. The van der Waals surface area contributed by atoms with Gasteiger partial charge in [0, 0.05) is 30.1 Å². The number of nitrogens with two attached hydrogens (primary N) is 3. The highest BCUT2D eigenvalue weighted by molar-refractivity contribution is 5.94. The van der Waals surface area contributed by atoms with Crippen molar-refractivity contribution in [1.29, 1.82) is 0 Å². The molecule has 0 spiro atoms. The minimum Gasteiger partial charge on any atom is -0.508 e. The number of carbonyl (C=O) groups excluding carboxylic acids is 3. The number of hydrogen-bond donors (Lipinski definition) is 10. The molecule has 44 heavy (non-hydrogen) atoms. The third kappa shape index (κ3) is 9.71. The van der Waals surface area contributed by atoms with Gasteiger partial charge in [-0.2, -0.15) is 0 Å². The summed E-state index contributed by atoms with van der Waals surface area (Å²) in [6.45, 7) is -0.746. The van der Waals surface area contributed by atoms with Crippen LogP contribution in [0.25, 0.3) is 10.9 Å². The fraction of sp³-hybridized carbons (Fsp3) is 0.345. The molecule has 3 rings (SSSR count). The number of carboxylic acids is 1. The molecule has 3 aromatic rings. The van der Waals surface area contributed by atoms with E-state index in [2.05, 4.69) is 25.9 Å². The molecule has 1 heterocycles. The van der Waals surface area contributed by atoms with Gasteiger partial charge in [0.25, 0.3) is 0 Å². The van der Waals surface area contributed by atoms with Gasteiger partial charge in [0.05, 0.1) is 12.6 Å². The van der Waals surface area contributed by atoms with E-state index in [1.807, 2.05) is 24.3 Å². The molecule has 0 fully saturated rings. The number of aliphatic hydroxyl groups excluding tert-OH is 1. The molecule has 0 bridgehead atoms. The van der Waals surface area contributed by atoms with Crippen LogP contribution in [0.15, 0.2) is 59.7 Å². The van der Waals surface area contributed by atoms with E-state index in [4.69, 9.17) is 17.2 Å². The molecule has 15 heteroatoms. The molecular weight excluding hydrogens is 572 g/mol. The number of guanidine groups is 1. The number of para-hydroxylation sites is 1. The summed E-state index contributed by atoms with van der Waals surface area (Å²) >= 11 is 0. The van der Waals surface area contributed by atoms with Crippen LogP contribution in [0.2, 0.25) is 0 Å². The molecule has 0 aliphatic rings. The largest absolute Gasteiger partial charge is 0.508 e. The van der Waals surface area contributed by atoms with Crippen LogP contribution < -0.4 is 33.2 Å². The molecule has 15 nitrogen and oxygen atoms in total. The first-order valence-electron chi connectivity index (χ1n) is 13.9. The number of aliphatic imine (C=N–C) groups is 1. The quantitative estimate of drug-likeness (QED) is 0.0513. The Labute approximate surface area is 252 Å². The number of nitrogens with one attached hydrogen (secondary N) is 4. The lowest BCUT2D eigenvalue weighted by Crippen LogP contribution is -2.58. The number of aliphatic hydroxyl groups is 1. The van der Waals surface area contributed by atoms with Gasteiger partial charge in [-0.3, -0.25) is 19.4 Å². The number of carbonyl (C=O) groups is 4. The zero-order valence-electron chi connectivity index (χ0n) is 23.9. The van der Waals surface area contributed by atoms with Crippen molar-refractivity contribution < 1.29 is 34.5 Å². The fourth-order valence-electron chi connectivity index (χ4n) is 4.49. The minimum atomic E-state index is -1.60. The van der Waals surface area contributed by atoms with Crippen LogP contribution in [0.4, 0.5) is 0 Å². The Morgan fingerprint density at radius 1 is 0.864 bits per heavy atom. The van der Waals surface area contributed by atoms with E-state index in [0.717, 1.165) is 16.5 Å². The Morgan fingerprint density at radius 3 is 2.16 bits per heavy atom. The Balaban J connectivity index is 1.79. The van der Waals surface area contributed by atoms with Gasteiger partial charge in [0.2, 0.25) is 17.7 Å². The van der Waals surface area contributed by atoms with Crippen molar-refractivity contribution in [3.05, 3.63) is 65.9 Å². The van der Waals surface area contributed by atoms with Crippen molar-refractivity contribution in [2.75, 3.05) is 13.2 Å². The molecule has 4 unspecified atom stereocenters. The monoisotopic (exact) mass is 610 g/mol. The van der Waals surface area contributed by atoms with Crippen LogP contribution in [-0.4, -0.2) is 87.3 Å². The van der Waals surface area contributed by atoms with Crippen LogP contribution in [0.3, 0.4) is 0 Å². The van der Waals surface area contributed by atoms with E-state index >= 15 is 0 Å². The average Bonchev–Trinajstić information content (AvgIpc) is 3.40. The van der Waals surface area contributed by atoms with Crippen LogP contribution in [0, 0.1) is 0 Å². The maximum Gasteiger partial charge on any atom is 0.328 e. The van der Waals surface area contributed by atoms with Crippen LogP contribution in [0.5, 0.6) is 5.75 Å². The number of fused-ring (bicyclic) bond motifs is 1. The molecule has 2 aromatic carbocycles. The van der Waals surface area contributed by atoms with Crippen molar-refractivity contribution >= 4 is 40.6 Å². The van der Waals surface area contributed by atoms with Gasteiger partial charge < -0.3 is 53.5 Å². The number of carboxylic acid groups (broad SMARTS) is 1. The second-order valence-electron chi connectivity index (χ2n) is 10.2. The Kier molecular flexibility index (Phi) is 12.1. The first-order chi connectivity index (χ1) is 21.0. The number of amides is 3. The second kappa shape index (κ2) is 15.9. The Hall–Kier alpha value is -5.15. The topological polar surface area (TPSA) is 271 Å². The van der Waals surface area contributed by atoms with E-state index in [0.29, 0.717) is 5.56 Å². The van der Waals surface area contributed by atoms with Crippen molar-refractivity contribution in [1.82, 2.24) is 20.9 Å². The molecule has 1 aromatic heterocycles. The predicted octanol–water partition coefficient (Wildman–Crippen LogP) is -1.43. The number of aromatic amines is 1. The Morgan fingerprint density at radius 2 is 1.50 bits per heavy atom. The summed E-state index contributed by atoms with van der Waals surface area (Å²) in [5.41, 5.74) is 19.2. The zero-order valence-corrected chi connectivity index (χ0v) is 23.9. The number of aromatic nitrogens is 1. The van der Waals surface area contributed by atoms with E-state index < -0.39 is 54.5 Å². The lowest BCUT2D eigenvalue weighted by molar-refractivity contribution is -0.143. The lowest BCUT2D eigenvalue weighted by Gasteiger charge is -2.25. The molecule has 236 valence electrons. The number of aromatic hydroxyl groups is 1. The zero-order chi connectivity index (χ0) is 32.2. The van der Waals surface area contributed by atoms with E-state index in [-0.39, 0.29) is 43.9 Å². The van der Waals surface area contributed by atoms with Crippen LogP contribution in [0.1, 0.15) is 24.0 Å². The SMILES string of the molecule is NC(N)=NCCCC(NC(=O)C(Cc1ccc(O)cc1)NC(=O)C(N)Cc1c[nH]c2ccccc12)C(=O)NC(CO)C(=O)O. The third-order valence-corrected chi connectivity index (χ3v) is 6.84. The molecule has 3 amide bonds. The number of phenols is 1. The highest BCUT2D eigenvalue weighted by Crippen LogP contribution is 2.19. The third-order valence-electron chi connectivity index (χ3n) is 6.84. The summed E-state index contributed by atoms with van der Waals surface area (Å²) in [5.74, 6) is -3.85. The molecular formula is C29H38N8O7. The van der Waals surface area contributed by atoms with Crippen molar-refractivity contribution in [2.45, 2.75) is 49.9 Å². The number of hydrogen-bond acceptors (Lipinski definition) is 8. The van der Waals surface area contributed by atoms with Crippen molar-refractivity contribution in [2.24, 2.45) is 22.2 Å². The number of benzene rings is 2. The van der Waals surface area contributed by atoms with E-state index in [9.17, 15) is 34.5 Å². The highest BCUT2D eigenvalue weighted by Gasteiger charge is 2.30. The van der Waals surface area contributed by atoms with E-state index in [1.54, 1.807) is 18.3 Å². The first-order valence-corrected chi connectivity index (χ1v) is 13.9. The molecule has 0 saturated carbocycles. The summed E-state index contributed by atoms with van der Waals surface area (Å²) in [7, 11) is 0. The van der Waals surface area contributed by atoms with Gasteiger partial charge in [-0.05, 0) is 48.6 Å². The van der Waals surface area contributed by atoms with Crippen LogP contribution >= 0.6 is 0 Å². The Bertz CT molecular complexity index is 1470. The van der Waals surface area contributed by atoms with E-state index in [1.165, 1.54) is 12.1 Å². The van der Waals surface area contributed by atoms with Gasteiger partial charge in [0.15, 0.2) is 5.96 Å². The normalized spacial score (nSPS) is 13.7. The second-order valence-corrected chi connectivity index (χ2v) is 10.2.